The van der Waals surface area contributed by atoms with Crippen molar-refractivity contribution >= 4 is 27.5 Å². The smallest absolute Gasteiger partial charge is 0.335 e. The maximum absolute atomic E-state index is 12.0. The first-order valence-electron chi connectivity index (χ1n) is 5.64. The number of aromatic nitrogens is 1. The lowest BCUT2D eigenvalue weighted by Gasteiger charge is -2.21. The molecule has 20 heavy (non-hydrogen) atoms. The van der Waals surface area contributed by atoms with Gasteiger partial charge < -0.3 is 5.11 Å². The van der Waals surface area contributed by atoms with E-state index in [0.717, 1.165) is 10.6 Å². The van der Waals surface area contributed by atoms with Crippen molar-refractivity contribution in [3.63, 3.8) is 0 Å². The highest BCUT2D eigenvalue weighted by molar-refractivity contribution is 7.92. The summed E-state index contributed by atoms with van der Waals surface area (Å²) in [5, 5.41) is 8.98. The number of anilines is 2. The van der Waals surface area contributed by atoms with Gasteiger partial charge >= 0.3 is 5.97 Å². The predicted octanol–water partition coefficient (Wildman–Crippen LogP) is 1.88. The van der Waals surface area contributed by atoms with Crippen molar-refractivity contribution < 1.29 is 18.3 Å². The molecule has 0 aliphatic carbocycles. The van der Waals surface area contributed by atoms with Crippen LogP contribution in [0.1, 0.15) is 10.4 Å². The van der Waals surface area contributed by atoms with E-state index in [1.807, 2.05) is 0 Å². The molecular weight excluding hydrogens is 280 g/mol. The number of sulfonamides is 1. The van der Waals surface area contributed by atoms with Crippen LogP contribution < -0.4 is 4.31 Å². The third kappa shape index (κ3) is 2.94. The van der Waals surface area contributed by atoms with Crippen LogP contribution in [-0.2, 0) is 10.0 Å². The zero-order valence-corrected chi connectivity index (χ0v) is 11.4. The van der Waals surface area contributed by atoms with Crippen molar-refractivity contribution in [2.24, 2.45) is 0 Å². The van der Waals surface area contributed by atoms with Gasteiger partial charge in [-0.05, 0) is 30.3 Å². The standard InChI is InChI=1S/C13H12N2O4S/c1-20(18,19)15(12-7-2-3-8-14-12)11-6-4-5-10(9-11)13(16)17/h2-9H,1H3,(H,16,17). The number of carboxylic acid groups (broad SMARTS) is 1. The van der Waals surface area contributed by atoms with E-state index in [4.69, 9.17) is 5.11 Å². The first-order valence-corrected chi connectivity index (χ1v) is 7.49. The summed E-state index contributed by atoms with van der Waals surface area (Å²) in [5.41, 5.74) is 0.234. The Morgan fingerprint density at radius 1 is 1.20 bits per heavy atom. The summed E-state index contributed by atoms with van der Waals surface area (Å²) in [5.74, 6) is -0.918. The van der Waals surface area contributed by atoms with Gasteiger partial charge in [0, 0.05) is 6.20 Å². The molecule has 0 fully saturated rings. The van der Waals surface area contributed by atoms with Crippen LogP contribution in [-0.4, -0.2) is 30.7 Å². The minimum Gasteiger partial charge on any atom is -0.478 e. The Balaban J connectivity index is 2.59. The summed E-state index contributed by atoms with van der Waals surface area (Å²) >= 11 is 0. The van der Waals surface area contributed by atoms with Crippen molar-refractivity contribution in [1.29, 1.82) is 0 Å². The number of carboxylic acids is 1. The second-order valence-corrected chi connectivity index (χ2v) is 5.90. The number of rotatable bonds is 4. The molecule has 1 N–H and O–H groups in total. The fourth-order valence-corrected chi connectivity index (χ4v) is 2.68. The quantitative estimate of drug-likeness (QED) is 0.929. The van der Waals surface area contributed by atoms with Gasteiger partial charge in [0.2, 0.25) is 10.0 Å². The second-order valence-electron chi connectivity index (χ2n) is 4.07. The topological polar surface area (TPSA) is 87.6 Å². The van der Waals surface area contributed by atoms with Crippen LogP contribution in [0.5, 0.6) is 0 Å². The summed E-state index contributed by atoms with van der Waals surface area (Å²) in [6.07, 6.45) is 2.50. The maximum Gasteiger partial charge on any atom is 0.335 e. The van der Waals surface area contributed by atoms with Crippen LogP contribution in [0, 0.1) is 0 Å². The summed E-state index contributed by atoms with van der Waals surface area (Å²) in [6, 6.07) is 10.5. The molecule has 0 aliphatic rings. The van der Waals surface area contributed by atoms with Crippen molar-refractivity contribution in [1.82, 2.24) is 4.98 Å². The SMILES string of the molecule is CS(=O)(=O)N(c1cccc(C(=O)O)c1)c1ccccn1. The van der Waals surface area contributed by atoms with Gasteiger partial charge in [0.1, 0.15) is 5.82 Å². The van der Waals surface area contributed by atoms with Crippen molar-refractivity contribution in [3.05, 3.63) is 54.2 Å². The van der Waals surface area contributed by atoms with Gasteiger partial charge in [-0.3, -0.25) is 0 Å². The van der Waals surface area contributed by atoms with Crippen LogP contribution >= 0.6 is 0 Å². The molecule has 0 radical (unpaired) electrons. The van der Waals surface area contributed by atoms with E-state index in [-0.39, 0.29) is 17.1 Å². The van der Waals surface area contributed by atoms with Crippen LogP contribution in [0.25, 0.3) is 0 Å². The van der Waals surface area contributed by atoms with Crippen LogP contribution in [0.3, 0.4) is 0 Å². The molecule has 1 aromatic heterocycles. The highest BCUT2D eigenvalue weighted by atomic mass is 32.2. The largest absolute Gasteiger partial charge is 0.478 e. The fourth-order valence-electron chi connectivity index (χ4n) is 1.73. The van der Waals surface area contributed by atoms with Crippen LogP contribution in [0.15, 0.2) is 48.7 Å². The molecular formula is C13H12N2O4S. The highest BCUT2D eigenvalue weighted by Crippen LogP contribution is 2.27. The first kappa shape index (κ1) is 14.0. The molecule has 0 saturated heterocycles. The molecule has 0 bridgehead atoms. The Labute approximate surface area is 116 Å². The Kier molecular flexibility index (Phi) is 3.71. The lowest BCUT2D eigenvalue weighted by Crippen LogP contribution is -2.25. The summed E-state index contributed by atoms with van der Waals surface area (Å²) < 4.78 is 24.9. The molecule has 0 spiro atoms. The Hall–Kier alpha value is -2.41. The molecule has 0 amide bonds. The van der Waals surface area contributed by atoms with E-state index >= 15 is 0 Å². The normalized spacial score (nSPS) is 11.1. The van der Waals surface area contributed by atoms with E-state index in [1.165, 1.54) is 36.5 Å². The molecule has 2 rings (SSSR count). The Morgan fingerprint density at radius 3 is 2.50 bits per heavy atom. The number of pyridine rings is 1. The van der Waals surface area contributed by atoms with Crippen LogP contribution in [0.2, 0.25) is 0 Å². The van der Waals surface area contributed by atoms with Crippen molar-refractivity contribution in [3.8, 4) is 0 Å². The van der Waals surface area contributed by atoms with Gasteiger partial charge in [0.05, 0.1) is 17.5 Å². The summed E-state index contributed by atoms with van der Waals surface area (Å²) in [6.45, 7) is 0. The number of hydrogen-bond acceptors (Lipinski definition) is 4. The first-order chi connectivity index (χ1) is 9.39. The second kappa shape index (κ2) is 5.30. The average molecular weight is 292 g/mol. The zero-order chi connectivity index (χ0) is 14.8. The minimum absolute atomic E-state index is 0.00656. The Morgan fingerprint density at radius 2 is 1.95 bits per heavy atom. The highest BCUT2D eigenvalue weighted by Gasteiger charge is 2.21. The number of hydrogen-bond donors (Lipinski definition) is 1. The zero-order valence-electron chi connectivity index (χ0n) is 10.6. The molecule has 0 unspecified atom stereocenters. The minimum atomic E-state index is -3.64. The Bertz CT molecular complexity index is 729. The molecule has 104 valence electrons. The summed E-state index contributed by atoms with van der Waals surface area (Å²) in [4.78, 5) is 15.0. The molecule has 2 aromatic rings. The van der Waals surface area contributed by atoms with E-state index in [2.05, 4.69) is 4.98 Å². The number of nitrogens with zero attached hydrogens (tertiary/aromatic N) is 2. The predicted molar refractivity (Wildman–Crippen MR) is 74.6 cm³/mol. The lowest BCUT2D eigenvalue weighted by atomic mass is 10.2. The number of aromatic carboxylic acids is 1. The maximum atomic E-state index is 12.0. The van der Waals surface area contributed by atoms with Gasteiger partial charge in [0.15, 0.2) is 0 Å². The van der Waals surface area contributed by atoms with Gasteiger partial charge in [-0.15, -0.1) is 0 Å². The van der Waals surface area contributed by atoms with Crippen molar-refractivity contribution in [2.75, 3.05) is 10.6 Å². The third-order valence-electron chi connectivity index (χ3n) is 2.52. The number of carbonyl (C=O) groups is 1. The van der Waals surface area contributed by atoms with Gasteiger partial charge in [0.25, 0.3) is 0 Å². The molecule has 1 heterocycles. The molecule has 0 atom stereocenters. The van der Waals surface area contributed by atoms with Gasteiger partial charge in [-0.25, -0.2) is 22.5 Å². The molecule has 0 saturated carbocycles. The van der Waals surface area contributed by atoms with E-state index < -0.39 is 16.0 Å². The molecule has 7 heteroatoms. The van der Waals surface area contributed by atoms with Crippen molar-refractivity contribution in [2.45, 2.75) is 0 Å². The molecule has 6 nitrogen and oxygen atoms in total. The van der Waals surface area contributed by atoms with E-state index in [0.29, 0.717) is 0 Å². The number of benzene rings is 1. The fraction of sp³-hybridized carbons (Fsp3) is 0.0769. The monoisotopic (exact) mass is 292 g/mol. The molecule has 0 aliphatic heterocycles. The third-order valence-corrected chi connectivity index (χ3v) is 3.58. The lowest BCUT2D eigenvalue weighted by molar-refractivity contribution is 0.0697. The van der Waals surface area contributed by atoms with E-state index in [9.17, 15) is 13.2 Å². The van der Waals surface area contributed by atoms with Crippen LogP contribution in [0.4, 0.5) is 11.5 Å². The molecule has 1 aromatic carbocycles. The van der Waals surface area contributed by atoms with E-state index in [1.54, 1.807) is 12.1 Å². The average Bonchev–Trinajstić information content (AvgIpc) is 2.39. The van der Waals surface area contributed by atoms with Gasteiger partial charge in [-0.1, -0.05) is 12.1 Å². The summed E-state index contributed by atoms with van der Waals surface area (Å²) in [7, 11) is -3.64. The van der Waals surface area contributed by atoms with Gasteiger partial charge in [-0.2, -0.15) is 0 Å².